The van der Waals surface area contributed by atoms with Gasteiger partial charge in [-0.3, -0.25) is 0 Å². The normalized spacial score (nSPS) is 9.64. The average Bonchev–Trinajstić information content (AvgIpc) is 2.20. The molecule has 0 amide bonds. The van der Waals surface area contributed by atoms with Gasteiger partial charge in [0.05, 0.1) is 5.69 Å². The number of aliphatic imine (C=N–C) groups is 1. The Morgan fingerprint density at radius 2 is 1.86 bits per heavy atom. The molecule has 0 fully saturated rings. The van der Waals surface area contributed by atoms with Crippen molar-refractivity contribution in [3.05, 3.63) is 28.8 Å². The molecule has 0 aliphatic heterocycles. The minimum Gasteiger partial charge on any atom is -0.211 e. The number of hydrogen-bond donors (Lipinski definition) is 0. The third-order valence-corrected chi connectivity index (χ3v) is 2.51. The third-order valence-electron chi connectivity index (χ3n) is 2.51. The van der Waals surface area contributed by atoms with Crippen LogP contribution in [0.2, 0.25) is 0 Å². The SMILES string of the molecule is CCc1c(C)ccc(N=C=O)c1CC. The maximum absolute atomic E-state index is 10.2. The molecule has 0 unspecified atom stereocenters. The van der Waals surface area contributed by atoms with Crippen LogP contribution in [-0.4, -0.2) is 6.08 Å². The predicted molar refractivity (Wildman–Crippen MR) is 57.7 cm³/mol. The Kier molecular flexibility index (Phi) is 3.61. The van der Waals surface area contributed by atoms with E-state index in [1.165, 1.54) is 16.7 Å². The summed E-state index contributed by atoms with van der Waals surface area (Å²) >= 11 is 0. The molecule has 74 valence electrons. The molecule has 1 aromatic carbocycles. The molecule has 0 radical (unpaired) electrons. The van der Waals surface area contributed by atoms with Crippen molar-refractivity contribution in [3.63, 3.8) is 0 Å². The number of nitrogens with zero attached hydrogens (tertiary/aromatic N) is 1. The summed E-state index contributed by atoms with van der Waals surface area (Å²) in [5.41, 5.74) is 4.53. The van der Waals surface area contributed by atoms with Gasteiger partial charge in [0.25, 0.3) is 0 Å². The second-order valence-corrected chi connectivity index (χ2v) is 3.27. The number of isocyanates is 1. The molecule has 0 saturated carbocycles. The fraction of sp³-hybridized carbons (Fsp3) is 0.417. The van der Waals surface area contributed by atoms with Gasteiger partial charge in [0.15, 0.2) is 0 Å². The fourth-order valence-electron chi connectivity index (χ4n) is 1.84. The standard InChI is InChI=1S/C12H15NO/c1-4-10-9(3)6-7-12(13-8-14)11(10)5-2/h6-7H,4-5H2,1-3H3. The zero-order valence-corrected chi connectivity index (χ0v) is 8.92. The van der Waals surface area contributed by atoms with Crippen molar-refractivity contribution in [2.45, 2.75) is 33.6 Å². The second kappa shape index (κ2) is 4.73. The highest BCUT2D eigenvalue weighted by molar-refractivity contribution is 5.58. The van der Waals surface area contributed by atoms with Gasteiger partial charge >= 0.3 is 0 Å². The van der Waals surface area contributed by atoms with Crippen LogP contribution < -0.4 is 0 Å². The summed E-state index contributed by atoms with van der Waals surface area (Å²) in [4.78, 5) is 14.0. The summed E-state index contributed by atoms with van der Waals surface area (Å²) in [5.74, 6) is 0. The zero-order valence-electron chi connectivity index (χ0n) is 8.92. The first-order chi connectivity index (χ1) is 6.74. The van der Waals surface area contributed by atoms with Crippen LogP contribution in [0.4, 0.5) is 5.69 Å². The lowest BCUT2D eigenvalue weighted by atomic mass is 9.96. The van der Waals surface area contributed by atoms with Gasteiger partial charge in [-0.05, 0) is 42.5 Å². The van der Waals surface area contributed by atoms with E-state index in [-0.39, 0.29) is 0 Å². The second-order valence-electron chi connectivity index (χ2n) is 3.27. The van der Waals surface area contributed by atoms with Gasteiger partial charge in [-0.1, -0.05) is 19.9 Å². The van der Waals surface area contributed by atoms with Crippen molar-refractivity contribution in [2.24, 2.45) is 4.99 Å². The van der Waals surface area contributed by atoms with Crippen LogP contribution in [0, 0.1) is 6.92 Å². The van der Waals surface area contributed by atoms with Gasteiger partial charge in [0, 0.05) is 0 Å². The summed E-state index contributed by atoms with van der Waals surface area (Å²) in [6.07, 6.45) is 3.50. The molecule has 0 heterocycles. The Labute approximate surface area is 84.7 Å². The first-order valence-corrected chi connectivity index (χ1v) is 4.93. The number of aryl methyl sites for hydroxylation is 1. The molecular formula is C12H15NO. The molecular weight excluding hydrogens is 174 g/mol. The van der Waals surface area contributed by atoms with Crippen molar-refractivity contribution >= 4 is 11.8 Å². The molecule has 0 N–H and O–H groups in total. The Hall–Kier alpha value is -1.40. The third kappa shape index (κ3) is 1.91. The van der Waals surface area contributed by atoms with Gasteiger partial charge in [-0.25, -0.2) is 4.79 Å². The highest BCUT2D eigenvalue weighted by Gasteiger charge is 2.07. The number of carbonyl (C=O) groups excluding carboxylic acids is 1. The van der Waals surface area contributed by atoms with E-state index in [9.17, 15) is 4.79 Å². The Bertz CT molecular complexity index is 376. The zero-order chi connectivity index (χ0) is 10.6. The minimum absolute atomic E-state index is 0.768. The molecule has 2 heteroatoms. The van der Waals surface area contributed by atoms with E-state index in [0.29, 0.717) is 0 Å². The van der Waals surface area contributed by atoms with E-state index in [1.807, 2.05) is 12.1 Å². The van der Waals surface area contributed by atoms with Crippen LogP contribution >= 0.6 is 0 Å². The summed E-state index contributed by atoms with van der Waals surface area (Å²) in [5, 5.41) is 0. The molecule has 0 spiro atoms. The van der Waals surface area contributed by atoms with Gasteiger partial charge < -0.3 is 0 Å². The first kappa shape index (κ1) is 10.7. The van der Waals surface area contributed by atoms with Crippen LogP contribution in [0.25, 0.3) is 0 Å². The van der Waals surface area contributed by atoms with Crippen molar-refractivity contribution in [3.8, 4) is 0 Å². The molecule has 0 atom stereocenters. The lowest BCUT2D eigenvalue weighted by Crippen LogP contribution is -1.95. The molecule has 0 aromatic heterocycles. The molecule has 1 aromatic rings. The lowest BCUT2D eigenvalue weighted by molar-refractivity contribution is 0.565. The summed E-state index contributed by atoms with van der Waals surface area (Å²) in [6, 6.07) is 3.90. The van der Waals surface area contributed by atoms with Crippen molar-refractivity contribution in [1.29, 1.82) is 0 Å². The molecule has 0 saturated heterocycles. The van der Waals surface area contributed by atoms with Crippen LogP contribution in [0.1, 0.15) is 30.5 Å². The van der Waals surface area contributed by atoms with E-state index in [1.54, 1.807) is 6.08 Å². The number of hydrogen-bond acceptors (Lipinski definition) is 2. The lowest BCUT2D eigenvalue weighted by Gasteiger charge is -2.11. The monoisotopic (exact) mass is 189 g/mol. The maximum Gasteiger partial charge on any atom is 0.240 e. The predicted octanol–water partition coefficient (Wildman–Crippen LogP) is 3.09. The summed E-state index contributed by atoms with van der Waals surface area (Å²) < 4.78 is 0. The van der Waals surface area contributed by atoms with Gasteiger partial charge in [-0.15, -0.1) is 0 Å². The smallest absolute Gasteiger partial charge is 0.211 e. The minimum atomic E-state index is 0.768. The molecule has 14 heavy (non-hydrogen) atoms. The molecule has 0 aliphatic rings. The molecule has 0 aliphatic carbocycles. The van der Waals surface area contributed by atoms with Crippen molar-refractivity contribution in [1.82, 2.24) is 0 Å². The van der Waals surface area contributed by atoms with E-state index in [4.69, 9.17) is 0 Å². The largest absolute Gasteiger partial charge is 0.240 e. The Morgan fingerprint density at radius 3 is 2.36 bits per heavy atom. The molecule has 1 rings (SSSR count). The van der Waals surface area contributed by atoms with E-state index < -0.39 is 0 Å². The van der Waals surface area contributed by atoms with E-state index in [0.717, 1.165) is 18.5 Å². The first-order valence-electron chi connectivity index (χ1n) is 4.93. The topological polar surface area (TPSA) is 29.4 Å². The van der Waals surface area contributed by atoms with Crippen LogP contribution in [-0.2, 0) is 17.6 Å². The highest BCUT2D eigenvalue weighted by atomic mass is 16.1. The van der Waals surface area contributed by atoms with E-state index >= 15 is 0 Å². The van der Waals surface area contributed by atoms with Crippen molar-refractivity contribution in [2.75, 3.05) is 0 Å². The summed E-state index contributed by atoms with van der Waals surface area (Å²) in [7, 11) is 0. The number of benzene rings is 1. The van der Waals surface area contributed by atoms with Crippen molar-refractivity contribution < 1.29 is 4.79 Å². The van der Waals surface area contributed by atoms with Crippen LogP contribution in [0.3, 0.4) is 0 Å². The molecule has 2 nitrogen and oxygen atoms in total. The van der Waals surface area contributed by atoms with Gasteiger partial charge in [0.1, 0.15) is 0 Å². The van der Waals surface area contributed by atoms with Gasteiger partial charge in [0.2, 0.25) is 6.08 Å². The van der Waals surface area contributed by atoms with E-state index in [2.05, 4.69) is 25.8 Å². The molecule has 0 bridgehead atoms. The average molecular weight is 189 g/mol. The van der Waals surface area contributed by atoms with Crippen LogP contribution in [0.5, 0.6) is 0 Å². The summed E-state index contributed by atoms with van der Waals surface area (Å²) in [6.45, 7) is 6.29. The van der Waals surface area contributed by atoms with Gasteiger partial charge in [-0.2, -0.15) is 4.99 Å². The highest BCUT2D eigenvalue weighted by Crippen LogP contribution is 2.26. The van der Waals surface area contributed by atoms with Crippen LogP contribution in [0.15, 0.2) is 17.1 Å². The number of rotatable bonds is 3. The fourth-order valence-corrected chi connectivity index (χ4v) is 1.84. The quantitative estimate of drug-likeness (QED) is 0.530. The maximum atomic E-state index is 10.2. The Morgan fingerprint density at radius 1 is 1.21 bits per heavy atom. The Balaban J connectivity index is 3.39.